The Morgan fingerprint density at radius 2 is 2.00 bits per heavy atom. The van der Waals surface area contributed by atoms with Gasteiger partial charge < -0.3 is 25.4 Å². The third-order valence-corrected chi connectivity index (χ3v) is 2.15. The van der Waals surface area contributed by atoms with Crippen molar-refractivity contribution < 1.29 is 29.7 Å². The number of carbonyl (C=O) groups excluding carboxylic acids is 2. The van der Waals surface area contributed by atoms with Crippen molar-refractivity contribution in [2.45, 2.75) is 24.3 Å². The van der Waals surface area contributed by atoms with Crippen LogP contribution in [0.2, 0.25) is 0 Å². The number of azide groups is 1. The molecular weight excluding hydrogens is 278 g/mol. The molecule has 0 aliphatic rings. The molecule has 0 fully saturated rings. The second-order valence-corrected chi connectivity index (χ2v) is 3.47. The van der Waals surface area contributed by atoms with Gasteiger partial charge in [-0.3, -0.25) is 9.59 Å². The van der Waals surface area contributed by atoms with Gasteiger partial charge in [-0.2, -0.15) is 4.91 Å². The first kappa shape index (κ1) is 17.4. The molecule has 12 heteroatoms. The van der Waals surface area contributed by atoms with E-state index in [0.29, 0.717) is 0 Å². The second kappa shape index (κ2) is 8.53. The number of hydrogen-bond acceptors (Lipinski definition) is 8. The molecule has 0 rings (SSSR count). The van der Waals surface area contributed by atoms with Gasteiger partial charge in [-0.1, -0.05) is 10.3 Å². The van der Waals surface area contributed by atoms with E-state index >= 15 is 0 Å². The fraction of sp³-hybridized carbons (Fsp3) is 0.625. The standard InChI is InChI=1S/C8H11N5O7/c9-13-11-5(3(2-14)12-20)6(17)7(18)8(19)10-1-4(15)16/h2-3,5-7,17-18H,1H2,(H,10,19)(H,15,16)/t3-,5-,6-,7+/m0/s1. The van der Waals surface area contributed by atoms with Crippen LogP contribution in [0.1, 0.15) is 0 Å². The van der Waals surface area contributed by atoms with Crippen molar-refractivity contribution in [1.82, 2.24) is 5.32 Å². The number of aliphatic hydroxyl groups excluding tert-OH is 2. The summed E-state index contributed by atoms with van der Waals surface area (Å²) in [6.45, 7) is -0.822. The van der Waals surface area contributed by atoms with Gasteiger partial charge in [-0.05, 0) is 5.53 Å². The lowest BCUT2D eigenvalue weighted by Gasteiger charge is -2.23. The smallest absolute Gasteiger partial charge is 0.322 e. The summed E-state index contributed by atoms with van der Waals surface area (Å²) in [4.78, 5) is 44.6. The van der Waals surface area contributed by atoms with E-state index in [0.717, 1.165) is 0 Å². The van der Waals surface area contributed by atoms with Crippen LogP contribution >= 0.6 is 0 Å². The number of amides is 1. The van der Waals surface area contributed by atoms with Gasteiger partial charge in [0, 0.05) is 4.91 Å². The Kier molecular flexibility index (Phi) is 7.43. The van der Waals surface area contributed by atoms with Crippen molar-refractivity contribution in [3.8, 4) is 0 Å². The van der Waals surface area contributed by atoms with Gasteiger partial charge in [-0.25, -0.2) is 0 Å². The monoisotopic (exact) mass is 289 g/mol. The second-order valence-electron chi connectivity index (χ2n) is 3.47. The van der Waals surface area contributed by atoms with Gasteiger partial charge in [0.15, 0.2) is 12.1 Å². The van der Waals surface area contributed by atoms with E-state index in [2.05, 4.69) is 15.2 Å². The maximum atomic E-state index is 11.3. The molecule has 12 nitrogen and oxygen atoms in total. The van der Waals surface area contributed by atoms with Gasteiger partial charge >= 0.3 is 5.97 Å². The van der Waals surface area contributed by atoms with Crippen LogP contribution in [0.25, 0.3) is 10.4 Å². The lowest BCUT2D eigenvalue weighted by Crippen LogP contribution is -2.50. The van der Waals surface area contributed by atoms with Crippen LogP contribution in [0.3, 0.4) is 0 Å². The van der Waals surface area contributed by atoms with E-state index in [9.17, 15) is 29.5 Å². The summed E-state index contributed by atoms with van der Waals surface area (Å²) >= 11 is 0. The number of carbonyl (C=O) groups is 3. The molecule has 4 atom stereocenters. The Morgan fingerprint density at radius 1 is 1.40 bits per heavy atom. The van der Waals surface area contributed by atoms with Crippen molar-refractivity contribution in [1.29, 1.82) is 0 Å². The summed E-state index contributed by atoms with van der Waals surface area (Å²) in [7, 11) is 0. The van der Waals surface area contributed by atoms with E-state index in [-0.39, 0.29) is 6.29 Å². The zero-order valence-electron chi connectivity index (χ0n) is 9.86. The van der Waals surface area contributed by atoms with Crippen molar-refractivity contribution in [3.05, 3.63) is 15.3 Å². The zero-order chi connectivity index (χ0) is 15.7. The summed E-state index contributed by atoms with van der Waals surface area (Å²) in [5, 5.41) is 34.3. The average Bonchev–Trinajstić information content (AvgIpc) is 2.43. The summed E-state index contributed by atoms with van der Waals surface area (Å²) in [5.41, 5.74) is 8.25. The molecule has 0 aliphatic heterocycles. The fourth-order valence-electron chi connectivity index (χ4n) is 1.18. The van der Waals surface area contributed by atoms with Crippen LogP contribution in [-0.2, 0) is 14.4 Å². The number of rotatable bonds is 9. The topological polar surface area (TPSA) is 202 Å². The van der Waals surface area contributed by atoms with Gasteiger partial charge in [-0.15, -0.1) is 0 Å². The molecule has 0 saturated heterocycles. The largest absolute Gasteiger partial charge is 0.480 e. The molecule has 0 saturated carbocycles. The van der Waals surface area contributed by atoms with Crippen LogP contribution in [0.5, 0.6) is 0 Å². The number of nitroso groups, excluding NO2 is 1. The Balaban J connectivity index is 4.95. The lowest BCUT2D eigenvalue weighted by atomic mass is 9.99. The zero-order valence-corrected chi connectivity index (χ0v) is 9.86. The van der Waals surface area contributed by atoms with Crippen LogP contribution in [0.15, 0.2) is 10.3 Å². The van der Waals surface area contributed by atoms with Crippen LogP contribution < -0.4 is 5.32 Å². The summed E-state index contributed by atoms with van der Waals surface area (Å²) in [6.07, 6.45) is -4.36. The first-order chi connectivity index (χ1) is 9.38. The van der Waals surface area contributed by atoms with E-state index < -0.39 is 42.7 Å². The Labute approximate surface area is 111 Å². The highest BCUT2D eigenvalue weighted by Gasteiger charge is 2.36. The van der Waals surface area contributed by atoms with Crippen molar-refractivity contribution in [2.75, 3.05) is 6.54 Å². The predicted molar refractivity (Wildman–Crippen MR) is 61.2 cm³/mol. The number of nitrogens with zero attached hydrogens (tertiary/aromatic N) is 4. The molecule has 0 heterocycles. The third-order valence-electron chi connectivity index (χ3n) is 2.15. The maximum Gasteiger partial charge on any atom is 0.322 e. The first-order valence-electron chi connectivity index (χ1n) is 5.06. The minimum atomic E-state index is -2.21. The highest BCUT2D eigenvalue weighted by atomic mass is 16.4. The van der Waals surface area contributed by atoms with Crippen LogP contribution in [-0.4, -0.2) is 64.3 Å². The quantitative estimate of drug-likeness (QED) is 0.122. The van der Waals surface area contributed by atoms with Gasteiger partial charge in [0.2, 0.25) is 0 Å². The number of carboxylic acid groups (broad SMARTS) is 1. The van der Waals surface area contributed by atoms with Crippen LogP contribution in [0.4, 0.5) is 0 Å². The molecular formula is C8H11N5O7. The molecule has 0 unspecified atom stereocenters. The molecule has 20 heavy (non-hydrogen) atoms. The number of aliphatic carboxylic acids is 1. The summed E-state index contributed by atoms with van der Waals surface area (Å²) in [6, 6.07) is -3.61. The molecule has 110 valence electrons. The Morgan fingerprint density at radius 3 is 2.40 bits per heavy atom. The normalized spacial score (nSPS) is 15.9. The molecule has 0 aliphatic carbocycles. The SMILES string of the molecule is [N-]=[N+]=N[C@H]([C@H](O)[C@@H](O)C(=O)NCC(=O)O)[C@H](C=O)N=O. The van der Waals surface area contributed by atoms with Crippen LogP contribution in [0, 0.1) is 4.91 Å². The number of aliphatic hydroxyl groups is 2. The molecule has 0 aromatic carbocycles. The van der Waals surface area contributed by atoms with Crippen molar-refractivity contribution >= 4 is 18.2 Å². The molecule has 4 N–H and O–H groups in total. The third kappa shape index (κ3) is 4.97. The number of hydrogen-bond donors (Lipinski definition) is 4. The van der Waals surface area contributed by atoms with Gasteiger partial charge in [0.1, 0.15) is 18.9 Å². The van der Waals surface area contributed by atoms with E-state index in [4.69, 9.17) is 10.6 Å². The maximum absolute atomic E-state index is 11.3. The predicted octanol–water partition coefficient (Wildman–Crippen LogP) is -2.08. The Bertz CT molecular complexity index is 427. The average molecular weight is 289 g/mol. The molecule has 0 radical (unpaired) electrons. The highest BCUT2D eigenvalue weighted by Crippen LogP contribution is 2.11. The minimum absolute atomic E-state index is 0.0303. The van der Waals surface area contributed by atoms with E-state index in [1.807, 2.05) is 0 Å². The van der Waals surface area contributed by atoms with E-state index in [1.165, 1.54) is 0 Å². The molecule has 0 bridgehead atoms. The molecule has 0 aromatic heterocycles. The highest BCUT2D eigenvalue weighted by molar-refractivity contribution is 5.84. The fourth-order valence-corrected chi connectivity index (χ4v) is 1.18. The summed E-state index contributed by atoms with van der Waals surface area (Å²) in [5.74, 6) is -2.68. The summed E-state index contributed by atoms with van der Waals surface area (Å²) < 4.78 is 0. The molecule has 1 amide bonds. The lowest BCUT2D eigenvalue weighted by molar-refractivity contribution is -0.142. The van der Waals surface area contributed by atoms with Crippen molar-refractivity contribution in [2.24, 2.45) is 10.3 Å². The van der Waals surface area contributed by atoms with Gasteiger partial charge in [0.25, 0.3) is 5.91 Å². The minimum Gasteiger partial charge on any atom is -0.480 e. The number of nitrogens with one attached hydrogen (secondary N) is 1. The molecule has 0 aromatic rings. The van der Waals surface area contributed by atoms with Gasteiger partial charge in [0.05, 0.1) is 6.04 Å². The van der Waals surface area contributed by atoms with Crippen molar-refractivity contribution in [3.63, 3.8) is 0 Å². The van der Waals surface area contributed by atoms with E-state index in [1.54, 1.807) is 5.32 Å². The first-order valence-corrected chi connectivity index (χ1v) is 5.06. The number of aldehydes is 1. The Hall–Kier alpha value is -2.56. The number of carboxylic acids is 1. The molecule has 0 spiro atoms.